The number of carboxylic acid groups (broad SMARTS) is 1. The number of carbonyl (C=O) groups excluding carboxylic acids is 1. The van der Waals surface area contributed by atoms with Crippen LogP contribution in [0, 0.1) is 0 Å². The van der Waals surface area contributed by atoms with Crippen molar-refractivity contribution in [1.82, 2.24) is 5.43 Å². The summed E-state index contributed by atoms with van der Waals surface area (Å²) in [6.45, 7) is 0. The van der Waals surface area contributed by atoms with Gasteiger partial charge < -0.3 is 9.52 Å². The average molecular weight is 425 g/mol. The number of furan rings is 1. The first-order valence-electron chi connectivity index (χ1n) is 8.47. The Bertz CT molecular complexity index is 1260. The number of hydrogen-bond acceptors (Lipinski definition) is 5. The Morgan fingerprint density at radius 2 is 1.93 bits per heavy atom. The number of nitrogens with zero attached hydrogens (tertiary/aromatic N) is 1. The number of halogens is 1. The van der Waals surface area contributed by atoms with Crippen LogP contribution >= 0.6 is 22.9 Å². The molecule has 0 atom stereocenters. The summed E-state index contributed by atoms with van der Waals surface area (Å²) in [5.41, 5.74) is 3.24. The number of carbonyl (C=O) groups is 2. The lowest BCUT2D eigenvalue weighted by molar-refractivity contribution is 0.0696. The van der Waals surface area contributed by atoms with Crippen molar-refractivity contribution in [1.29, 1.82) is 0 Å². The third-order valence-corrected chi connectivity index (χ3v) is 5.79. The number of hydrogen-bond donors (Lipinski definition) is 2. The molecular formula is C21H13ClN2O4S. The van der Waals surface area contributed by atoms with Crippen LogP contribution in [0.2, 0.25) is 5.02 Å². The van der Waals surface area contributed by atoms with Gasteiger partial charge in [-0.25, -0.2) is 10.2 Å². The van der Waals surface area contributed by atoms with Gasteiger partial charge in [0.05, 0.1) is 16.8 Å². The zero-order chi connectivity index (χ0) is 20.4. The van der Waals surface area contributed by atoms with E-state index < -0.39 is 11.9 Å². The summed E-state index contributed by atoms with van der Waals surface area (Å²) in [4.78, 5) is 23.8. The van der Waals surface area contributed by atoms with Crippen LogP contribution in [0.15, 0.2) is 70.2 Å². The first-order valence-corrected chi connectivity index (χ1v) is 9.66. The van der Waals surface area contributed by atoms with Crippen molar-refractivity contribution in [3.05, 3.63) is 81.9 Å². The summed E-state index contributed by atoms with van der Waals surface area (Å²) in [6.07, 6.45) is 1.36. The highest BCUT2D eigenvalue weighted by Gasteiger charge is 2.16. The van der Waals surface area contributed by atoms with Gasteiger partial charge in [0.15, 0.2) is 0 Å². The van der Waals surface area contributed by atoms with Crippen LogP contribution in [-0.4, -0.2) is 23.2 Å². The van der Waals surface area contributed by atoms with E-state index >= 15 is 0 Å². The highest BCUT2D eigenvalue weighted by atomic mass is 35.5. The zero-order valence-electron chi connectivity index (χ0n) is 14.8. The molecular weight excluding hydrogens is 412 g/mol. The van der Waals surface area contributed by atoms with Gasteiger partial charge in [-0.15, -0.1) is 11.3 Å². The van der Waals surface area contributed by atoms with Gasteiger partial charge in [0, 0.05) is 15.6 Å². The molecule has 0 saturated carbocycles. The Morgan fingerprint density at radius 1 is 1.10 bits per heavy atom. The predicted molar refractivity (Wildman–Crippen MR) is 113 cm³/mol. The van der Waals surface area contributed by atoms with E-state index in [1.165, 1.54) is 29.7 Å². The van der Waals surface area contributed by atoms with Gasteiger partial charge in [0.1, 0.15) is 16.4 Å². The lowest BCUT2D eigenvalue weighted by atomic mass is 10.1. The second-order valence-electron chi connectivity index (χ2n) is 6.03. The number of amides is 1. The van der Waals surface area contributed by atoms with Crippen molar-refractivity contribution in [3.63, 3.8) is 0 Å². The molecule has 0 bridgehead atoms. The van der Waals surface area contributed by atoms with E-state index in [2.05, 4.69) is 10.5 Å². The molecule has 2 aromatic carbocycles. The van der Waals surface area contributed by atoms with Crippen LogP contribution in [0.1, 0.15) is 25.8 Å². The maximum absolute atomic E-state index is 12.4. The molecule has 4 rings (SSSR count). The maximum Gasteiger partial charge on any atom is 0.335 e. The molecule has 0 aliphatic carbocycles. The average Bonchev–Trinajstić information content (AvgIpc) is 3.33. The van der Waals surface area contributed by atoms with Crippen LogP contribution in [0.3, 0.4) is 0 Å². The fourth-order valence-corrected chi connectivity index (χ4v) is 4.16. The Kier molecular flexibility index (Phi) is 5.16. The van der Waals surface area contributed by atoms with Crippen molar-refractivity contribution in [2.45, 2.75) is 0 Å². The van der Waals surface area contributed by atoms with Crippen molar-refractivity contribution in [3.8, 4) is 11.3 Å². The van der Waals surface area contributed by atoms with E-state index in [1.54, 1.807) is 24.3 Å². The fraction of sp³-hybridized carbons (Fsp3) is 0. The second-order valence-corrected chi connectivity index (χ2v) is 7.46. The highest BCUT2D eigenvalue weighted by molar-refractivity contribution is 7.21. The van der Waals surface area contributed by atoms with E-state index in [0.717, 1.165) is 10.1 Å². The number of nitrogens with one attached hydrogen (secondary N) is 1. The molecule has 0 unspecified atom stereocenters. The summed E-state index contributed by atoms with van der Waals surface area (Å²) in [6, 6.07) is 17.3. The number of rotatable bonds is 5. The number of hydrazone groups is 1. The Labute approximate surface area is 174 Å². The minimum Gasteiger partial charge on any atom is -0.478 e. The molecule has 0 fully saturated rings. The molecule has 0 spiro atoms. The standard InChI is InChI=1S/C21H13ClN2O4S/c22-18-15-6-1-2-7-17(15)29-19(18)20(25)24-23-11-14-8-9-16(28-14)12-4-3-5-13(10-12)21(26)27/h1-11H,(H,24,25)(H,26,27)/b23-11+. The minimum absolute atomic E-state index is 0.168. The molecule has 1 amide bonds. The number of carboxylic acids is 1. The van der Waals surface area contributed by atoms with E-state index in [4.69, 9.17) is 21.1 Å². The third-order valence-electron chi connectivity index (χ3n) is 4.12. The van der Waals surface area contributed by atoms with Gasteiger partial charge in [0.25, 0.3) is 5.91 Å². The number of benzene rings is 2. The molecule has 0 radical (unpaired) electrons. The van der Waals surface area contributed by atoms with Gasteiger partial charge in [-0.3, -0.25) is 4.79 Å². The fourth-order valence-electron chi connectivity index (χ4n) is 2.75. The summed E-state index contributed by atoms with van der Waals surface area (Å²) < 4.78 is 6.57. The van der Waals surface area contributed by atoms with Gasteiger partial charge >= 0.3 is 5.97 Å². The Balaban J connectivity index is 1.47. The number of thiophene rings is 1. The molecule has 6 nitrogen and oxygen atoms in total. The topological polar surface area (TPSA) is 91.9 Å². The number of fused-ring (bicyclic) bond motifs is 1. The maximum atomic E-state index is 12.4. The summed E-state index contributed by atoms with van der Waals surface area (Å²) in [5.74, 6) is -0.520. The van der Waals surface area contributed by atoms with E-state index in [9.17, 15) is 9.59 Å². The SMILES string of the molecule is O=C(O)c1cccc(-c2ccc(/C=N/NC(=O)c3sc4ccccc4c3Cl)o2)c1. The van der Waals surface area contributed by atoms with Gasteiger partial charge in [-0.2, -0.15) is 5.10 Å². The summed E-state index contributed by atoms with van der Waals surface area (Å²) >= 11 is 7.59. The van der Waals surface area contributed by atoms with Crippen molar-refractivity contribution in [2.24, 2.45) is 5.10 Å². The molecule has 0 saturated heterocycles. The van der Waals surface area contributed by atoms with Gasteiger partial charge in [-0.05, 0) is 30.3 Å². The monoisotopic (exact) mass is 424 g/mol. The summed E-state index contributed by atoms with van der Waals surface area (Å²) in [7, 11) is 0. The molecule has 4 aromatic rings. The molecule has 144 valence electrons. The first kappa shape index (κ1) is 18.9. The molecule has 0 aliphatic rings. The lowest BCUT2D eigenvalue weighted by Gasteiger charge is -1.99. The van der Waals surface area contributed by atoms with Crippen LogP contribution in [0.4, 0.5) is 0 Å². The molecule has 0 aliphatic heterocycles. The quantitative estimate of drug-likeness (QED) is 0.337. The van der Waals surface area contributed by atoms with Gasteiger partial charge in [0.2, 0.25) is 0 Å². The summed E-state index contributed by atoms with van der Waals surface area (Å²) in [5, 5.41) is 14.2. The van der Waals surface area contributed by atoms with E-state index in [-0.39, 0.29) is 5.56 Å². The van der Waals surface area contributed by atoms with Crippen molar-refractivity contribution < 1.29 is 19.1 Å². The van der Waals surface area contributed by atoms with Crippen molar-refractivity contribution >= 4 is 51.1 Å². The largest absolute Gasteiger partial charge is 0.478 e. The third kappa shape index (κ3) is 3.91. The normalized spacial score (nSPS) is 11.2. The number of aromatic carboxylic acids is 1. The molecule has 29 heavy (non-hydrogen) atoms. The van der Waals surface area contributed by atoms with E-state index in [0.29, 0.717) is 27.0 Å². The molecule has 2 heterocycles. The van der Waals surface area contributed by atoms with Crippen LogP contribution in [0.25, 0.3) is 21.4 Å². The Morgan fingerprint density at radius 3 is 2.72 bits per heavy atom. The first-order chi connectivity index (χ1) is 14.0. The molecule has 2 aromatic heterocycles. The molecule has 8 heteroatoms. The predicted octanol–water partition coefficient (Wildman–Crippen LogP) is 5.28. The smallest absolute Gasteiger partial charge is 0.335 e. The Hall–Kier alpha value is -3.42. The van der Waals surface area contributed by atoms with Crippen LogP contribution in [0.5, 0.6) is 0 Å². The van der Waals surface area contributed by atoms with Crippen LogP contribution in [-0.2, 0) is 0 Å². The lowest BCUT2D eigenvalue weighted by Crippen LogP contribution is -2.16. The highest BCUT2D eigenvalue weighted by Crippen LogP contribution is 2.34. The van der Waals surface area contributed by atoms with Crippen LogP contribution < -0.4 is 5.43 Å². The van der Waals surface area contributed by atoms with E-state index in [1.807, 2.05) is 24.3 Å². The minimum atomic E-state index is -1.01. The second kappa shape index (κ2) is 7.90. The molecule has 2 N–H and O–H groups in total. The van der Waals surface area contributed by atoms with Crippen molar-refractivity contribution in [2.75, 3.05) is 0 Å². The zero-order valence-corrected chi connectivity index (χ0v) is 16.3. The van der Waals surface area contributed by atoms with Gasteiger partial charge in [-0.1, -0.05) is 41.9 Å².